The summed E-state index contributed by atoms with van der Waals surface area (Å²) in [6.07, 6.45) is 4.37. The average Bonchev–Trinajstić information content (AvgIpc) is 2.81. The number of nitrogens with one attached hydrogen (secondary N) is 1. The van der Waals surface area contributed by atoms with E-state index >= 15 is 0 Å². The topological polar surface area (TPSA) is 41.5 Å². The molecule has 0 heterocycles. The summed E-state index contributed by atoms with van der Waals surface area (Å²) in [5.74, 6) is 0. The van der Waals surface area contributed by atoms with Crippen LogP contribution in [-0.4, -0.2) is 37.5 Å². The molecule has 1 aliphatic rings. The van der Waals surface area contributed by atoms with Gasteiger partial charge in [-0.1, -0.05) is 18.2 Å². The van der Waals surface area contributed by atoms with Crippen LogP contribution in [0.25, 0.3) is 0 Å². The largest absolute Gasteiger partial charge is 0.389 e. The number of aryl methyl sites for hydroxylation is 2. The van der Waals surface area contributed by atoms with Gasteiger partial charge < -0.3 is 15.2 Å². The van der Waals surface area contributed by atoms with Crippen molar-refractivity contribution in [2.24, 2.45) is 0 Å². The highest BCUT2D eigenvalue weighted by Crippen LogP contribution is 2.24. The Kier molecular flexibility index (Phi) is 4.97. The molecule has 0 saturated carbocycles. The monoisotopic (exact) mass is 263 g/mol. The fraction of sp³-hybridized carbons (Fsp3) is 0.625. The number of ether oxygens (including phenoxy) is 1. The van der Waals surface area contributed by atoms with Crippen LogP contribution in [0.1, 0.15) is 30.0 Å². The maximum Gasteiger partial charge on any atom is 0.0783 e. The van der Waals surface area contributed by atoms with Crippen molar-refractivity contribution in [2.45, 2.75) is 38.2 Å². The molecular weight excluding hydrogens is 238 g/mol. The van der Waals surface area contributed by atoms with Gasteiger partial charge in [0.05, 0.1) is 12.2 Å². The summed E-state index contributed by atoms with van der Waals surface area (Å²) in [6, 6.07) is 6.66. The highest BCUT2D eigenvalue weighted by Gasteiger charge is 2.21. The molecule has 0 amide bonds. The van der Waals surface area contributed by atoms with Crippen molar-refractivity contribution in [2.75, 3.05) is 26.8 Å². The van der Waals surface area contributed by atoms with Crippen LogP contribution in [0, 0.1) is 0 Å². The zero-order valence-corrected chi connectivity index (χ0v) is 12.0. The fourth-order valence-corrected chi connectivity index (χ4v) is 2.77. The van der Waals surface area contributed by atoms with Crippen LogP contribution < -0.4 is 5.32 Å². The summed E-state index contributed by atoms with van der Waals surface area (Å²) < 4.78 is 4.98. The minimum absolute atomic E-state index is 0.591. The van der Waals surface area contributed by atoms with Gasteiger partial charge in [0, 0.05) is 26.6 Å². The normalized spacial score (nSPS) is 17.2. The zero-order valence-electron chi connectivity index (χ0n) is 12.0. The van der Waals surface area contributed by atoms with Crippen LogP contribution >= 0.6 is 0 Å². The first-order valence-corrected chi connectivity index (χ1v) is 7.13. The SMILES string of the molecule is COCCNCC(C)(O)Cc1ccc2c(c1)CCC2. The maximum absolute atomic E-state index is 10.4. The summed E-state index contributed by atoms with van der Waals surface area (Å²) in [4.78, 5) is 0. The third-order valence-electron chi connectivity index (χ3n) is 3.74. The molecule has 2 rings (SSSR count). The van der Waals surface area contributed by atoms with Gasteiger partial charge in [0.25, 0.3) is 0 Å². The first-order valence-electron chi connectivity index (χ1n) is 7.13. The van der Waals surface area contributed by atoms with Crippen LogP contribution in [0.4, 0.5) is 0 Å². The number of rotatable bonds is 7. The molecule has 0 aliphatic heterocycles. The molecular formula is C16H25NO2. The van der Waals surface area contributed by atoms with Gasteiger partial charge in [-0.2, -0.15) is 0 Å². The first kappa shape index (κ1) is 14.5. The van der Waals surface area contributed by atoms with Crippen LogP contribution in [0.15, 0.2) is 18.2 Å². The van der Waals surface area contributed by atoms with Crippen molar-refractivity contribution in [1.29, 1.82) is 0 Å². The number of fused-ring (bicyclic) bond motifs is 1. The number of hydrogen-bond acceptors (Lipinski definition) is 3. The van der Waals surface area contributed by atoms with E-state index in [9.17, 15) is 5.11 Å². The van der Waals surface area contributed by atoms with E-state index in [0.717, 1.165) is 6.54 Å². The second-order valence-corrected chi connectivity index (χ2v) is 5.80. The lowest BCUT2D eigenvalue weighted by atomic mass is 9.94. The quantitative estimate of drug-likeness (QED) is 0.736. The number of methoxy groups -OCH3 is 1. The van der Waals surface area contributed by atoms with Crippen molar-refractivity contribution in [3.63, 3.8) is 0 Å². The number of benzene rings is 1. The Balaban J connectivity index is 1.88. The van der Waals surface area contributed by atoms with E-state index in [1.54, 1.807) is 7.11 Å². The first-order chi connectivity index (χ1) is 9.11. The molecule has 0 bridgehead atoms. The summed E-state index contributed by atoms with van der Waals surface area (Å²) in [5, 5.41) is 13.6. The van der Waals surface area contributed by atoms with Gasteiger partial charge in [-0.3, -0.25) is 0 Å². The van der Waals surface area contributed by atoms with E-state index in [2.05, 4.69) is 23.5 Å². The van der Waals surface area contributed by atoms with E-state index < -0.39 is 5.60 Å². The Morgan fingerprint density at radius 3 is 2.89 bits per heavy atom. The molecule has 106 valence electrons. The molecule has 0 saturated heterocycles. The molecule has 0 spiro atoms. The zero-order chi connectivity index (χ0) is 13.7. The number of hydrogen-bond donors (Lipinski definition) is 2. The summed E-state index contributed by atoms with van der Waals surface area (Å²) in [5.41, 5.74) is 3.49. The molecule has 3 nitrogen and oxygen atoms in total. The van der Waals surface area contributed by atoms with Gasteiger partial charge in [0.1, 0.15) is 0 Å². The molecule has 2 N–H and O–H groups in total. The number of aliphatic hydroxyl groups is 1. The molecule has 1 unspecified atom stereocenters. The van der Waals surface area contributed by atoms with Crippen molar-refractivity contribution in [3.8, 4) is 0 Å². The Labute approximate surface area is 116 Å². The van der Waals surface area contributed by atoms with Gasteiger partial charge >= 0.3 is 0 Å². The predicted molar refractivity (Wildman–Crippen MR) is 77.5 cm³/mol. The van der Waals surface area contributed by atoms with Gasteiger partial charge in [-0.15, -0.1) is 0 Å². The molecule has 19 heavy (non-hydrogen) atoms. The second kappa shape index (κ2) is 6.51. The molecule has 0 fully saturated rings. The van der Waals surface area contributed by atoms with Crippen LogP contribution in [0.5, 0.6) is 0 Å². The predicted octanol–water partition coefficient (Wildman–Crippen LogP) is 1.70. The van der Waals surface area contributed by atoms with Crippen LogP contribution in [-0.2, 0) is 24.0 Å². The van der Waals surface area contributed by atoms with E-state index in [4.69, 9.17) is 4.74 Å². The third-order valence-corrected chi connectivity index (χ3v) is 3.74. The van der Waals surface area contributed by atoms with E-state index in [0.29, 0.717) is 19.6 Å². The Bertz CT molecular complexity index is 415. The van der Waals surface area contributed by atoms with Gasteiger partial charge in [-0.05, 0) is 42.9 Å². The van der Waals surface area contributed by atoms with Crippen LogP contribution in [0.3, 0.4) is 0 Å². The third kappa shape index (κ3) is 4.30. The molecule has 1 aliphatic carbocycles. The minimum Gasteiger partial charge on any atom is -0.389 e. The van der Waals surface area contributed by atoms with Crippen molar-refractivity contribution in [1.82, 2.24) is 5.32 Å². The second-order valence-electron chi connectivity index (χ2n) is 5.80. The maximum atomic E-state index is 10.4. The van der Waals surface area contributed by atoms with E-state index in [-0.39, 0.29) is 0 Å². The average molecular weight is 263 g/mol. The molecule has 3 heteroatoms. The van der Waals surface area contributed by atoms with E-state index in [1.807, 2.05) is 6.92 Å². The van der Waals surface area contributed by atoms with Gasteiger partial charge in [0.2, 0.25) is 0 Å². The summed E-state index contributed by atoms with van der Waals surface area (Å²) in [6.45, 7) is 3.93. The van der Waals surface area contributed by atoms with Crippen molar-refractivity contribution >= 4 is 0 Å². The highest BCUT2D eigenvalue weighted by atomic mass is 16.5. The standard InChI is InChI=1S/C16H25NO2/c1-16(18,12-17-8-9-19-2)11-13-6-7-14-4-3-5-15(14)10-13/h6-7,10,17-18H,3-5,8-9,11-12H2,1-2H3. The minimum atomic E-state index is -0.708. The van der Waals surface area contributed by atoms with E-state index in [1.165, 1.54) is 36.0 Å². The lowest BCUT2D eigenvalue weighted by Crippen LogP contribution is -2.40. The molecule has 1 aromatic carbocycles. The Morgan fingerprint density at radius 1 is 1.32 bits per heavy atom. The highest BCUT2D eigenvalue weighted by molar-refractivity contribution is 5.35. The summed E-state index contributed by atoms with van der Waals surface area (Å²) >= 11 is 0. The Morgan fingerprint density at radius 2 is 2.11 bits per heavy atom. The van der Waals surface area contributed by atoms with Crippen molar-refractivity contribution < 1.29 is 9.84 Å². The molecule has 0 aromatic heterocycles. The lowest BCUT2D eigenvalue weighted by Gasteiger charge is -2.24. The lowest BCUT2D eigenvalue weighted by molar-refractivity contribution is 0.0581. The van der Waals surface area contributed by atoms with Gasteiger partial charge in [0.15, 0.2) is 0 Å². The van der Waals surface area contributed by atoms with Gasteiger partial charge in [-0.25, -0.2) is 0 Å². The Hall–Kier alpha value is -0.900. The molecule has 1 aromatic rings. The fourth-order valence-electron chi connectivity index (χ4n) is 2.77. The van der Waals surface area contributed by atoms with Crippen LogP contribution in [0.2, 0.25) is 0 Å². The molecule has 1 atom stereocenters. The molecule has 0 radical (unpaired) electrons. The smallest absolute Gasteiger partial charge is 0.0783 e. The summed E-state index contributed by atoms with van der Waals surface area (Å²) in [7, 11) is 1.68. The van der Waals surface area contributed by atoms with Crippen molar-refractivity contribution in [3.05, 3.63) is 34.9 Å².